The van der Waals surface area contributed by atoms with E-state index in [1.165, 1.54) is 0 Å². The molecule has 0 saturated carbocycles. The number of thioether (sulfide) groups is 1. The topological polar surface area (TPSA) is 29.3 Å². The highest BCUT2D eigenvalue weighted by Crippen LogP contribution is 2.31. The van der Waals surface area contributed by atoms with Crippen molar-refractivity contribution in [1.82, 2.24) is 0 Å². The van der Waals surface area contributed by atoms with Crippen molar-refractivity contribution in [2.24, 2.45) is 5.73 Å². The average Bonchev–Trinajstić information content (AvgIpc) is 2.31. The Hall–Kier alpha value is -0.740. The van der Waals surface area contributed by atoms with Gasteiger partial charge in [-0.2, -0.15) is 11.8 Å². The molecule has 2 rings (SSSR count). The first-order chi connectivity index (χ1) is 8.49. The van der Waals surface area contributed by atoms with E-state index in [1.54, 1.807) is 6.07 Å². The number of hydrogen-bond acceptors (Lipinski definition) is 3. The van der Waals surface area contributed by atoms with Gasteiger partial charge in [-0.1, -0.05) is 6.92 Å². The summed E-state index contributed by atoms with van der Waals surface area (Å²) in [7, 11) is 0. The number of hydrogen-bond donors (Lipinski definition) is 1. The smallest absolute Gasteiger partial charge is 0.126 e. The van der Waals surface area contributed by atoms with Gasteiger partial charge in [0.05, 0.1) is 0 Å². The summed E-state index contributed by atoms with van der Waals surface area (Å²) in [5.74, 6) is 0.959. The zero-order valence-electron chi connectivity index (χ0n) is 11.2. The second-order valence-electron chi connectivity index (χ2n) is 5.08. The van der Waals surface area contributed by atoms with Crippen LogP contribution in [0.3, 0.4) is 0 Å². The van der Waals surface area contributed by atoms with E-state index in [2.05, 4.69) is 11.8 Å². The molecule has 1 aromatic rings. The molecule has 1 heterocycles. The quantitative estimate of drug-likeness (QED) is 0.893. The van der Waals surface area contributed by atoms with Crippen molar-refractivity contribution in [1.29, 1.82) is 0 Å². The Balaban J connectivity index is 2.38. The van der Waals surface area contributed by atoms with E-state index in [-0.39, 0.29) is 11.9 Å². The maximum absolute atomic E-state index is 13.7. The minimum Gasteiger partial charge on any atom is -0.369 e. The molecular weight excluding hydrogens is 247 g/mol. The van der Waals surface area contributed by atoms with Gasteiger partial charge in [-0.15, -0.1) is 0 Å². The van der Waals surface area contributed by atoms with Crippen LogP contribution in [0.1, 0.15) is 31.0 Å². The van der Waals surface area contributed by atoms with Gasteiger partial charge in [-0.25, -0.2) is 4.39 Å². The van der Waals surface area contributed by atoms with Crippen LogP contribution in [-0.2, 0) is 0 Å². The second-order valence-corrected chi connectivity index (χ2v) is 6.62. The van der Waals surface area contributed by atoms with Crippen molar-refractivity contribution >= 4 is 17.4 Å². The molecular formula is C14H21FN2S. The summed E-state index contributed by atoms with van der Waals surface area (Å²) in [5.41, 5.74) is 8.69. The fraction of sp³-hybridized carbons (Fsp3) is 0.571. The molecule has 0 spiro atoms. The lowest BCUT2D eigenvalue weighted by molar-refractivity contribution is 0.612. The zero-order valence-corrected chi connectivity index (χ0v) is 12.1. The van der Waals surface area contributed by atoms with Crippen LogP contribution in [0.25, 0.3) is 0 Å². The Kier molecular flexibility index (Phi) is 4.17. The van der Waals surface area contributed by atoms with Gasteiger partial charge in [0, 0.05) is 35.8 Å². The fourth-order valence-electron chi connectivity index (χ4n) is 2.36. The average molecular weight is 268 g/mol. The molecule has 0 amide bonds. The van der Waals surface area contributed by atoms with E-state index in [0.717, 1.165) is 30.1 Å². The molecule has 2 N–H and O–H groups in total. The van der Waals surface area contributed by atoms with Crippen molar-refractivity contribution in [2.75, 3.05) is 23.7 Å². The van der Waals surface area contributed by atoms with Crippen LogP contribution in [0.2, 0.25) is 0 Å². The highest BCUT2D eigenvalue weighted by molar-refractivity contribution is 8.00. The van der Waals surface area contributed by atoms with Gasteiger partial charge >= 0.3 is 0 Å². The molecule has 1 aromatic carbocycles. The zero-order chi connectivity index (χ0) is 13.3. The Bertz CT molecular complexity index is 434. The summed E-state index contributed by atoms with van der Waals surface area (Å²) >= 11 is 1.99. The molecule has 4 heteroatoms. The van der Waals surface area contributed by atoms with Gasteiger partial charge in [0.1, 0.15) is 5.82 Å². The molecule has 1 fully saturated rings. The lowest BCUT2D eigenvalue weighted by atomic mass is 10.0. The molecule has 18 heavy (non-hydrogen) atoms. The molecule has 1 aliphatic rings. The molecule has 0 aromatic heterocycles. The largest absolute Gasteiger partial charge is 0.369 e. The Labute approximate surface area is 113 Å². The summed E-state index contributed by atoms with van der Waals surface area (Å²) < 4.78 is 13.7. The summed E-state index contributed by atoms with van der Waals surface area (Å²) in [4.78, 5) is 2.34. The number of aryl methyl sites for hydroxylation is 1. The summed E-state index contributed by atoms with van der Waals surface area (Å²) in [6.45, 7) is 7.98. The molecule has 2 nitrogen and oxygen atoms in total. The number of anilines is 1. The van der Waals surface area contributed by atoms with E-state index < -0.39 is 0 Å². The molecule has 0 aliphatic carbocycles. The molecule has 2 atom stereocenters. The third kappa shape index (κ3) is 2.81. The summed E-state index contributed by atoms with van der Waals surface area (Å²) in [5, 5.41) is 0.616. The predicted octanol–water partition coefficient (Wildman–Crippen LogP) is 3.10. The number of nitrogens with zero attached hydrogens (tertiary/aromatic N) is 1. The van der Waals surface area contributed by atoms with E-state index in [4.69, 9.17) is 5.73 Å². The monoisotopic (exact) mass is 268 g/mol. The van der Waals surface area contributed by atoms with Gasteiger partial charge in [0.15, 0.2) is 0 Å². The minimum absolute atomic E-state index is 0.139. The van der Waals surface area contributed by atoms with E-state index in [0.29, 0.717) is 10.8 Å². The molecule has 0 bridgehead atoms. The maximum Gasteiger partial charge on any atom is 0.126 e. The third-order valence-electron chi connectivity index (χ3n) is 3.38. The van der Waals surface area contributed by atoms with Crippen molar-refractivity contribution in [2.45, 2.75) is 32.1 Å². The van der Waals surface area contributed by atoms with Crippen LogP contribution in [0.5, 0.6) is 0 Å². The molecule has 1 saturated heterocycles. The van der Waals surface area contributed by atoms with Crippen LogP contribution in [0.15, 0.2) is 12.1 Å². The van der Waals surface area contributed by atoms with Crippen molar-refractivity contribution in [3.05, 3.63) is 29.1 Å². The fourth-order valence-corrected chi connectivity index (χ4v) is 3.37. The summed E-state index contributed by atoms with van der Waals surface area (Å²) in [6, 6.07) is 3.40. The first kappa shape index (κ1) is 13.7. The first-order valence-corrected chi connectivity index (χ1v) is 7.46. The molecule has 100 valence electrons. The van der Waals surface area contributed by atoms with E-state index in [9.17, 15) is 4.39 Å². The minimum atomic E-state index is -0.162. The molecule has 1 aliphatic heterocycles. The van der Waals surface area contributed by atoms with Gasteiger partial charge < -0.3 is 10.6 Å². The Morgan fingerprint density at radius 3 is 2.83 bits per heavy atom. The predicted molar refractivity (Wildman–Crippen MR) is 77.9 cm³/mol. The first-order valence-electron chi connectivity index (χ1n) is 6.41. The van der Waals surface area contributed by atoms with Crippen LogP contribution in [-0.4, -0.2) is 24.1 Å². The number of benzene rings is 1. The SMILES string of the molecule is Cc1cc(N2CCSC(C)C2)c([C@H](C)N)cc1F. The van der Waals surface area contributed by atoms with Crippen molar-refractivity contribution in [3.63, 3.8) is 0 Å². The van der Waals surface area contributed by atoms with Crippen molar-refractivity contribution < 1.29 is 4.39 Å². The maximum atomic E-state index is 13.7. The van der Waals surface area contributed by atoms with Crippen molar-refractivity contribution in [3.8, 4) is 0 Å². The third-order valence-corrected chi connectivity index (χ3v) is 4.52. The van der Waals surface area contributed by atoms with Gasteiger partial charge in [-0.3, -0.25) is 0 Å². The van der Waals surface area contributed by atoms with E-state index in [1.807, 2.05) is 31.7 Å². The number of rotatable bonds is 2. The highest BCUT2D eigenvalue weighted by atomic mass is 32.2. The normalized spacial score (nSPS) is 22.1. The molecule has 0 radical (unpaired) electrons. The highest BCUT2D eigenvalue weighted by Gasteiger charge is 2.21. The Morgan fingerprint density at radius 2 is 2.22 bits per heavy atom. The van der Waals surface area contributed by atoms with Gasteiger partial charge in [0.2, 0.25) is 0 Å². The lowest BCUT2D eigenvalue weighted by Crippen LogP contribution is -2.37. The van der Waals surface area contributed by atoms with Crippen LogP contribution >= 0.6 is 11.8 Å². The standard InChI is InChI=1S/C14H21FN2S/c1-9-6-14(12(11(3)16)7-13(9)15)17-4-5-18-10(2)8-17/h6-7,10-11H,4-5,8,16H2,1-3H3/t10?,11-/m0/s1. The van der Waals surface area contributed by atoms with Gasteiger partial charge in [0.25, 0.3) is 0 Å². The van der Waals surface area contributed by atoms with Crippen LogP contribution in [0, 0.1) is 12.7 Å². The number of halogens is 1. The number of nitrogens with two attached hydrogens (primary N) is 1. The Morgan fingerprint density at radius 1 is 1.50 bits per heavy atom. The summed E-state index contributed by atoms with van der Waals surface area (Å²) in [6.07, 6.45) is 0. The lowest BCUT2D eigenvalue weighted by Gasteiger charge is -2.34. The molecule has 1 unspecified atom stereocenters. The van der Waals surface area contributed by atoms with Gasteiger partial charge in [-0.05, 0) is 37.1 Å². The van der Waals surface area contributed by atoms with Crippen LogP contribution in [0.4, 0.5) is 10.1 Å². The van der Waals surface area contributed by atoms with E-state index >= 15 is 0 Å². The van der Waals surface area contributed by atoms with Crippen LogP contribution < -0.4 is 10.6 Å². The second kappa shape index (κ2) is 5.49.